The Morgan fingerprint density at radius 3 is 2.68 bits per heavy atom. The molecule has 0 radical (unpaired) electrons. The van der Waals surface area contributed by atoms with E-state index in [4.69, 9.17) is 5.73 Å². The van der Waals surface area contributed by atoms with Gasteiger partial charge in [0.15, 0.2) is 11.6 Å². The number of anilines is 1. The maximum atomic E-state index is 14.3. The number of benzene rings is 2. The molecule has 9 nitrogen and oxygen atoms in total. The summed E-state index contributed by atoms with van der Waals surface area (Å²) in [6, 6.07) is 14.1. The van der Waals surface area contributed by atoms with Crippen LogP contribution < -0.4 is 16.6 Å². The van der Waals surface area contributed by atoms with Crippen molar-refractivity contribution in [3.05, 3.63) is 103 Å². The zero-order valence-electron chi connectivity index (χ0n) is 22.1. The van der Waals surface area contributed by atoms with Crippen molar-refractivity contribution in [3.8, 4) is 17.5 Å². The molecule has 1 atom stereocenters. The Morgan fingerprint density at radius 2 is 2.00 bits per heavy atom. The minimum atomic E-state index is -0.650. The lowest BCUT2D eigenvalue weighted by atomic mass is 10.0. The van der Waals surface area contributed by atoms with Gasteiger partial charge in [0.2, 0.25) is 0 Å². The van der Waals surface area contributed by atoms with Gasteiger partial charge in [-0.3, -0.25) is 19.1 Å². The number of amides is 1. The number of rotatable bonds is 6. The summed E-state index contributed by atoms with van der Waals surface area (Å²) in [5.74, 6) is 5.96. The number of para-hydroxylation sites is 1. The van der Waals surface area contributed by atoms with Crippen molar-refractivity contribution < 1.29 is 4.79 Å². The van der Waals surface area contributed by atoms with E-state index in [0.29, 0.717) is 32.2 Å². The van der Waals surface area contributed by atoms with Gasteiger partial charge in [-0.05, 0) is 60.6 Å². The molecule has 3 heterocycles. The number of carbonyl (C=O) groups is 1. The zero-order chi connectivity index (χ0) is 29.1. The Hall–Kier alpha value is -4.79. The molecule has 41 heavy (non-hydrogen) atoms. The highest BCUT2D eigenvalue weighted by atomic mass is 79.9. The maximum absolute atomic E-state index is 14.3. The second-order valence-electron chi connectivity index (χ2n) is 8.88. The Bertz CT molecular complexity index is 1930. The third kappa shape index (κ3) is 5.23. The number of thiazole rings is 1. The molecular weight excluding hydrogens is 602 g/mol. The molecular formula is C30H24BrN7O2S. The van der Waals surface area contributed by atoms with Crippen molar-refractivity contribution >= 4 is 68.5 Å². The first-order chi connectivity index (χ1) is 19.8. The van der Waals surface area contributed by atoms with Crippen LogP contribution in [0.3, 0.4) is 0 Å². The number of nitrogens with zero attached hydrogens (tertiary/aromatic N) is 5. The summed E-state index contributed by atoms with van der Waals surface area (Å²) in [4.78, 5) is 36.6. The van der Waals surface area contributed by atoms with Gasteiger partial charge >= 0.3 is 0 Å². The predicted molar refractivity (Wildman–Crippen MR) is 168 cm³/mol. The lowest BCUT2D eigenvalue weighted by molar-refractivity contribution is 0.0940. The van der Waals surface area contributed by atoms with Crippen LogP contribution in [0.4, 0.5) is 11.6 Å². The van der Waals surface area contributed by atoms with Crippen molar-refractivity contribution in [2.24, 2.45) is 4.99 Å². The van der Waals surface area contributed by atoms with E-state index in [0.717, 1.165) is 4.88 Å². The predicted octanol–water partition coefficient (Wildman–Crippen LogP) is 5.70. The first kappa shape index (κ1) is 27.8. The van der Waals surface area contributed by atoms with Gasteiger partial charge in [-0.2, -0.15) is 0 Å². The van der Waals surface area contributed by atoms with Crippen LogP contribution in [0.25, 0.3) is 22.7 Å². The molecule has 3 N–H and O–H groups in total. The van der Waals surface area contributed by atoms with Crippen molar-refractivity contribution in [3.63, 3.8) is 0 Å². The normalized spacial score (nSPS) is 11.8. The lowest BCUT2D eigenvalue weighted by Crippen LogP contribution is -2.33. The maximum Gasteiger partial charge on any atom is 0.264 e. The first-order valence-corrected chi connectivity index (χ1v) is 14.1. The van der Waals surface area contributed by atoms with Crippen LogP contribution in [0.2, 0.25) is 0 Å². The standard InChI is InChI=1S/C30H24BrN7O2S/c1-4-15-37-28(33-3)24(27(32)36-37)29(39)35-18(2)26-25(31)22-12-8-9-19(13-14-21-16-34-17-41-21)23(22)30(40)38(26)20-10-6-5-7-11-20/h4-12,15-18H,3H2,1-2H3,(H2,32,36)(H,35,39)/b15-4-. The molecule has 0 bridgehead atoms. The first-order valence-electron chi connectivity index (χ1n) is 12.5. The molecule has 0 saturated heterocycles. The summed E-state index contributed by atoms with van der Waals surface area (Å²) < 4.78 is 3.63. The lowest BCUT2D eigenvalue weighted by Gasteiger charge is -2.23. The molecule has 5 aromatic rings. The van der Waals surface area contributed by atoms with E-state index in [1.165, 1.54) is 16.0 Å². The number of nitrogen functional groups attached to an aromatic ring is 1. The van der Waals surface area contributed by atoms with Crippen LogP contribution in [-0.2, 0) is 0 Å². The van der Waals surface area contributed by atoms with E-state index in [9.17, 15) is 9.59 Å². The summed E-state index contributed by atoms with van der Waals surface area (Å²) in [6.07, 6.45) is 5.06. The van der Waals surface area contributed by atoms with Gasteiger partial charge in [0.1, 0.15) is 5.56 Å². The van der Waals surface area contributed by atoms with Gasteiger partial charge in [0.25, 0.3) is 11.5 Å². The summed E-state index contributed by atoms with van der Waals surface area (Å²) in [5.41, 5.74) is 9.39. The molecule has 0 fully saturated rings. The molecule has 0 spiro atoms. The fourth-order valence-corrected chi connectivity index (χ4v) is 5.86. The Labute approximate surface area is 248 Å². The van der Waals surface area contributed by atoms with E-state index >= 15 is 0 Å². The van der Waals surface area contributed by atoms with Gasteiger partial charge < -0.3 is 11.1 Å². The van der Waals surface area contributed by atoms with Crippen LogP contribution in [0.15, 0.2) is 80.6 Å². The molecule has 5 rings (SSSR count). The monoisotopic (exact) mass is 625 g/mol. The number of allylic oxidation sites excluding steroid dienone is 1. The summed E-state index contributed by atoms with van der Waals surface area (Å²) in [5, 5.41) is 8.29. The van der Waals surface area contributed by atoms with Crippen LogP contribution in [0.1, 0.15) is 46.4 Å². The molecule has 3 aromatic heterocycles. The number of fused-ring (bicyclic) bond motifs is 1. The molecule has 11 heteroatoms. The zero-order valence-corrected chi connectivity index (χ0v) is 24.5. The number of halogens is 1. The highest BCUT2D eigenvalue weighted by Crippen LogP contribution is 2.33. The average Bonchev–Trinajstić information content (AvgIpc) is 3.61. The number of aromatic nitrogens is 4. The minimum absolute atomic E-state index is 0.0115. The summed E-state index contributed by atoms with van der Waals surface area (Å²) >= 11 is 5.18. The number of hydrogen-bond donors (Lipinski definition) is 2. The van der Waals surface area contributed by atoms with Gasteiger partial charge in [-0.1, -0.05) is 42.3 Å². The second-order valence-corrected chi connectivity index (χ2v) is 10.6. The Balaban J connectivity index is 1.68. The average molecular weight is 627 g/mol. The van der Waals surface area contributed by atoms with E-state index in [-0.39, 0.29) is 22.8 Å². The summed E-state index contributed by atoms with van der Waals surface area (Å²) in [7, 11) is 0. The molecule has 1 unspecified atom stereocenters. The quantitative estimate of drug-likeness (QED) is 0.185. The Morgan fingerprint density at radius 1 is 1.22 bits per heavy atom. The van der Waals surface area contributed by atoms with Crippen LogP contribution in [-0.4, -0.2) is 32.0 Å². The molecule has 0 saturated carbocycles. The van der Waals surface area contributed by atoms with E-state index in [1.807, 2.05) is 55.5 Å². The van der Waals surface area contributed by atoms with Crippen LogP contribution >= 0.6 is 27.3 Å². The number of aliphatic imine (C=N–C) groups is 1. The van der Waals surface area contributed by atoms with Gasteiger partial charge in [0, 0.05) is 27.3 Å². The largest absolute Gasteiger partial charge is 0.381 e. The Kier molecular flexibility index (Phi) is 7.96. The topological polar surface area (TPSA) is 120 Å². The smallest absolute Gasteiger partial charge is 0.264 e. The van der Waals surface area contributed by atoms with E-state index in [1.54, 1.807) is 35.5 Å². The highest BCUT2D eigenvalue weighted by Gasteiger charge is 2.27. The highest BCUT2D eigenvalue weighted by molar-refractivity contribution is 9.10. The third-order valence-electron chi connectivity index (χ3n) is 6.29. The van der Waals surface area contributed by atoms with Crippen molar-refractivity contribution in [1.29, 1.82) is 0 Å². The number of hydrogen-bond acceptors (Lipinski definition) is 7. The minimum Gasteiger partial charge on any atom is -0.381 e. The summed E-state index contributed by atoms with van der Waals surface area (Å²) in [6.45, 7) is 7.18. The number of pyridine rings is 1. The fraction of sp³-hybridized carbons (Fsp3) is 0.100. The van der Waals surface area contributed by atoms with Crippen molar-refractivity contribution in [2.75, 3.05) is 5.73 Å². The van der Waals surface area contributed by atoms with Crippen molar-refractivity contribution in [1.82, 2.24) is 24.6 Å². The molecule has 2 aromatic carbocycles. The van der Waals surface area contributed by atoms with Crippen LogP contribution in [0.5, 0.6) is 0 Å². The molecule has 0 aliphatic carbocycles. The molecule has 204 valence electrons. The fourth-order valence-electron chi connectivity index (χ4n) is 4.54. The number of carbonyl (C=O) groups excluding carboxylic acids is 1. The third-order valence-corrected chi connectivity index (χ3v) is 7.81. The second kappa shape index (κ2) is 11.8. The van der Waals surface area contributed by atoms with Gasteiger partial charge in [-0.15, -0.1) is 16.4 Å². The number of nitrogens with two attached hydrogens (primary N) is 1. The molecule has 0 aliphatic heterocycles. The van der Waals surface area contributed by atoms with E-state index in [2.05, 4.69) is 54.9 Å². The number of nitrogens with one attached hydrogen (secondary N) is 1. The molecule has 1 amide bonds. The van der Waals surface area contributed by atoms with Gasteiger partial charge in [-0.25, -0.2) is 9.67 Å². The van der Waals surface area contributed by atoms with E-state index < -0.39 is 11.9 Å². The van der Waals surface area contributed by atoms with Crippen LogP contribution in [0, 0.1) is 11.8 Å². The van der Waals surface area contributed by atoms with Gasteiger partial charge in [0.05, 0.1) is 33.7 Å². The SMILES string of the molecule is C=Nc1c(C(=O)NC(C)c2c(Br)c3cccc(C#Cc4cncs4)c3c(=O)n2-c2ccccc2)c(N)nn1/C=C\C. The van der Waals surface area contributed by atoms with Crippen molar-refractivity contribution in [2.45, 2.75) is 19.9 Å². The molecule has 0 aliphatic rings.